The molecule has 1 aliphatic rings. The average Bonchev–Trinajstić information content (AvgIpc) is 3.13. The number of para-hydroxylation sites is 1. The number of aromatic nitrogens is 2. The van der Waals surface area contributed by atoms with Crippen LogP contribution in [0.25, 0.3) is 0 Å². The van der Waals surface area contributed by atoms with Gasteiger partial charge < -0.3 is 15.7 Å². The van der Waals surface area contributed by atoms with Gasteiger partial charge in [-0.1, -0.05) is 36.0 Å². The van der Waals surface area contributed by atoms with E-state index in [1.54, 1.807) is 6.07 Å². The normalized spacial score (nSPS) is 17.3. The molecule has 0 bridgehead atoms. The highest BCUT2D eigenvalue weighted by molar-refractivity contribution is 8.15. The number of anilines is 1. The second kappa shape index (κ2) is 9.93. The van der Waals surface area contributed by atoms with Crippen LogP contribution in [0.3, 0.4) is 0 Å². The summed E-state index contributed by atoms with van der Waals surface area (Å²) in [5.41, 5.74) is -1.95. The molecule has 4 rings (SSSR count). The largest absolute Gasteiger partial charge is 0.494 e. The molecule has 0 saturated carbocycles. The van der Waals surface area contributed by atoms with E-state index in [1.165, 1.54) is 30.3 Å². The Labute approximate surface area is 199 Å². The zero-order chi connectivity index (χ0) is 25.1. The molecule has 5 N–H and O–H groups in total. The van der Waals surface area contributed by atoms with Crippen LogP contribution in [-0.2, 0) is 9.59 Å². The number of H-pyrrole nitrogens is 2. The van der Waals surface area contributed by atoms with E-state index in [-0.39, 0.29) is 28.4 Å². The third-order valence-corrected chi connectivity index (χ3v) is 6.06. The Morgan fingerprint density at radius 1 is 1.09 bits per heavy atom. The Morgan fingerprint density at radius 3 is 2.49 bits per heavy atom. The number of rotatable bonds is 6. The van der Waals surface area contributed by atoms with Gasteiger partial charge in [0, 0.05) is 6.42 Å². The van der Waals surface area contributed by atoms with E-state index in [0.29, 0.717) is 0 Å². The number of hydrogen-bond acceptors (Lipinski definition) is 7. The highest BCUT2D eigenvalue weighted by Gasteiger charge is 2.34. The summed E-state index contributed by atoms with van der Waals surface area (Å²) >= 11 is 0.892. The van der Waals surface area contributed by atoms with E-state index in [2.05, 4.69) is 20.6 Å². The summed E-state index contributed by atoms with van der Waals surface area (Å²) in [5.74, 6) is -3.07. The lowest BCUT2D eigenvalue weighted by molar-refractivity contribution is -0.122. The molecule has 180 valence electrons. The monoisotopic (exact) mass is 501 g/mol. The molecule has 1 aromatic heterocycles. The van der Waals surface area contributed by atoms with Crippen molar-refractivity contribution in [2.45, 2.75) is 17.7 Å². The van der Waals surface area contributed by atoms with Crippen LogP contribution in [0.15, 0.2) is 63.1 Å². The van der Waals surface area contributed by atoms with Crippen LogP contribution in [0, 0.1) is 11.6 Å². The van der Waals surface area contributed by atoms with Crippen molar-refractivity contribution >= 4 is 34.4 Å². The van der Waals surface area contributed by atoms with Gasteiger partial charge in [-0.25, -0.2) is 18.6 Å². The molecule has 1 saturated heterocycles. The number of carbonyl (C=O) groups excluding carboxylic acids is 2. The van der Waals surface area contributed by atoms with Crippen molar-refractivity contribution in [3.05, 3.63) is 92.1 Å². The van der Waals surface area contributed by atoms with Gasteiger partial charge >= 0.3 is 5.69 Å². The van der Waals surface area contributed by atoms with Crippen LogP contribution >= 0.6 is 11.8 Å². The van der Waals surface area contributed by atoms with Gasteiger partial charge in [-0.05, 0) is 29.8 Å². The van der Waals surface area contributed by atoms with E-state index in [0.717, 1.165) is 23.9 Å². The molecule has 0 spiro atoms. The van der Waals surface area contributed by atoms with Crippen molar-refractivity contribution in [3.8, 4) is 5.88 Å². The number of amides is 2. The molecule has 10 nitrogen and oxygen atoms in total. The predicted molar refractivity (Wildman–Crippen MR) is 124 cm³/mol. The first-order chi connectivity index (χ1) is 16.7. The zero-order valence-corrected chi connectivity index (χ0v) is 18.5. The number of benzene rings is 2. The van der Waals surface area contributed by atoms with Gasteiger partial charge in [-0.3, -0.25) is 24.4 Å². The lowest BCUT2D eigenvalue weighted by Gasteiger charge is -2.14. The molecule has 0 unspecified atom stereocenters. The molecule has 2 aromatic carbocycles. The molecule has 1 fully saturated rings. The summed E-state index contributed by atoms with van der Waals surface area (Å²) in [4.78, 5) is 57.1. The van der Waals surface area contributed by atoms with Gasteiger partial charge in [0.2, 0.25) is 17.7 Å². The zero-order valence-electron chi connectivity index (χ0n) is 17.7. The van der Waals surface area contributed by atoms with Crippen molar-refractivity contribution in [1.29, 1.82) is 0 Å². The fourth-order valence-corrected chi connectivity index (χ4v) is 4.33. The molecule has 1 aliphatic heterocycles. The van der Waals surface area contributed by atoms with Gasteiger partial charge in [0.05, 0.1) is 5.69 Å². The molecule has 2 amide bonds. The van der Waals surface area contributed by atoms with Gasteiger partial charge in [-0.2, -0.15) is 0 Å². The minimum absolute atomic E-state index is 0.0259. The third-order valence-electron chi connectivity index (χ3n) is 4.96. The van der Waals surface area contributed by atoms with E-state index in [4.69, 9.17) is 0 Å². The number of nitrogens with one attached hydrogen (secondary N) is 4. The van der Waals surface area contributed by atoms with Crippen molar-refractivity contribution in [2.24, 2.45) is 4.99 Å². The first kappa shape index (κ1) is 23.9. The highest BCUT2D eigenvalue weighted by atomic mass is 32.2. The summed E-state index contributed by atoms with van der Waals surface area (Å²) in [5, 5.41) is 14.2. The van der Waals surface area contributed by atoms with Crippen LogP contribution in [0.5, 0.6) is 5.88 Å². The first-order valence-corrected chi connectivity index (χ1v) is 11.0. The van der Waals surface area contributed by atoms with Crippen LogP contribution in [0.1, 0.15) is 23.6 Å². The van der Waals surface area contributed by atoms with E-state index in [1.807, 2.05) is 4.98 Å². The van der Waals surface area contributed by atoms with Crippen LogP contribution in [0.2, 0.25) is 0 Å². The fraction of sp³-hybridized carbons (Fsp3) is 0.136. The molecular formula is C22H17F2N5O5S. The Morgan fingerprint density at radius 2 is 1.80 bits per heavy atom. The summed E-state index contributed by atoms with van der Waals surface area (Å²) in [6, 6.07) is 9.24. The Balaban J connectivity index is 1.60. The molecule has 0 radical (unpaired) electrons. The maximum atomic E-state index is 13.8. The van der Waals surface area contributed by atoms with Gasteiger partial charge in [0.15, 0.2) is 5.17 Å². The average molecular weight is 501 g/mol. The number of amidine groups is 1. The molecule has 2 heterocycles. The van der Waals surface area contributed by atoms with Gasteiger partial charge in [0.1, 0.15) is 28.5 Å². The lowest BCUT2D eigenvalue weighted by Crippen LogP contribution is -2.29. The Hall–Kier alpha value is -4.26. The van der Waals surface area contributed by atoms with E-state index >= 15 is 0 Å². The SMILES string of the molecule is O=C(C[C@@H]1SC(=N[C@@H](c2ccc(F)cc2)c2c(O)[nH]c(=O)[nH]c2=O)NC1=O)Nc1ccccc1F. The molecule has 13 heteroatoms. The summed E-state index contributed by atoms with van der Waals surface area (Å²) < 4.78 is 27.2. The van der Waals surface area contributed by atoms with Crippen molar-refractivity contribution < 1.29 is 23.5 Å². The molecule has 3 aromatic rings. The van der Waals surface area contributed by atoms with Crippen LogP contribution in [0.4, 0.5) is 14.5 Å². The second-order valence-corrected chi connectivity index (χ2v) is 8.58. The number of hydrogen-bond donors (Lipinski definition) is 5. The first-order valence-electron chi connectivity index (χ1n) is 10.1. The van der Waals surface area contributed by atoms with Gasteiger partial charge in [0.25, 0.3) is 5.56 Å². The Bertz CT molecular complexity index is 1440. The van der Waals surface area contributed by atoms with Crippen molar-refractivity contribution in [3.63, 3.8) is 0 Å². The summed E-state index contributed by atoms with van der Waals surface area (Å²) in [7, 11) is 0. The molecule has 0 aliphatic carbocycles. The number of thioether (sulfide) groups is 1. The summed E-state index contributed by atoms with van der Waals surface area (Å²) in [6.07, 6.45) is -0.296. The third kappa shape index (κ3) is 5.46. The molecular weight excluding hydrogens is 484 g/mol. The number of aromatic hydroxyl groups is 1. The van der Waals surface area contributed by atoms with E-state index < -0.39 is 51.9 Å². The second-order valence-electron chi connectivity index (χ2n) is 7.39. The summed E-state index contributed by atoms with van der Waals surface area (Å²) in [6.45, 7) is 0. The number of nitrogens with zero attached hydrogens (tertiary/aromatic N) is 1. The van der Waals surface area contributed by atoms with Crippen LogP contribution in [-0.4, -0.2) is 37.3 Å². The minimum atomic E-state index is -1.23. The number of aliphatic imine (C=N–C) groups is 1. The smallest absolute Gasteiger partial charge is 0.328 e. The predicted octanol–water partition coefficient (Wildman–Crippen LogP) is 1.75. The maximum absolute atomic E-state index is 13.8. The van der Waals surface area contributed by atoms with Crippen molar-refractivity contribution in [1.82, 2.24) is 15.3 Å². The fourth-order valence-electron chi connectivity index (χ4n) is 3.34. The molecule has 35 heavy (non-hydrogen) atoms. The van der Waals surface area contributed by atoms with Crippen LogP contribution < -0.4 is 21.9 Å². The Kier molecular flexibility index (Phi) is 6.78. The topological polar surface area (TPSA) is 157 Å². The minimum Gasteiger partial charge on any atom is -0.494 e. The molecule has 2 atom stereocenters. The number of halogens is 2. The number of aromatic amines is 2. The highest BCUT2D eigenvalue weighted by Crippen LogP contribution is 2.32. The number of carbonyl (C=O) groups is 2. The van der Waals surface area contributed by atoms with Gasteiger partial charge in [-0.15, -0.1) is 0 Å². The quantitative estimate of drug-likeness (QED) is 0.346. The van der Waals surface area contributed by atoms with E-state index in [9.17, 15) is 33.1 Å². The lowest BCUT2D eigenvalue weighted by atomic mass is 10.0. The van der Waals surface area contributed by atoms with Crippen molar-refractivity contribution in [2.75, 3.05) is 5.32 Å². The standard InChI is InChI=1S/C22H17F2N5O5S/c23-11-7-5-10(6-8-11)17(16-19(32)27-21(34)28-20(16)33)26-22-29-18(31)14(35-22)9-15(30)25-13-4-2-1-3-12(13)24/h1-8,14,17H,9H2,(H,25,30)(H,26,29,31)(H3,27,28,32,33,34)/t14-,17-/m0/s1. The maximum Gasteiger partial charge on any atom is 0.328 e.